The van der Waals surface area contributed by atoms with Crippen LogP contribution in [0.4, 0.5) is 4.39 Å². The van der Waals surface area contributed by atoms with Crippen LogP contribution in [0.15, 0.2) is 24.3 Å². The number of rotatable bonds is 13. The molecular formula is C21H31ClFNO. The van der Waals surface area contributed by atoms with E-state index in [1.807, 2.05) is 0 Å². The number of halogens is 2. The minimum absolute atomic E-state index is 0.213. The Morgan fingerprint density at radius 1 is 1.04 bits per heavy atom. The highest BCUT2D eigenvalue weighted by atomic mass is 35.5. The predicted molar refractivity (Wildman–Crippen MR) is 105 cm³/mol. The monoisotopic (exact) mass is 367 g/mol. The molecule has 0 aliphatic rings. The Labute approximate surface area is 156 Å². The van der Waals surface area contributed by atoms with Gasteiger partial charge in [0, 0.05) is 18.2 Å². The Hall–Kier alpha value is -1.35. The van der Waals surface area contributed by atoms with Gasteiger partial charge in [0.05, 0.1) is 5.02 Å². The van der Waals surface area contributed by atoms with Crippen molar-refractivity contribution in [1.82, 2.24) is 5.32 Å². The molecule has 0 radical (unpaired) electrons. The molecule has 0 aromatic heterocycles. The van der Waals surface area contributed by atoms with Crippen molar-refractivity contribution in [2.75, 3.05) is 6.54 Å². The highest BCUT2D eigenvalue weighted by molar-refractivity contribution is 6.32. The Morgan fingerprint density at radius 3 is 2.24 bits per heavy atom. The molecule has 1 N–H and O–H groups in total. The van der Waals surface area contributed by atoms with E-state index in [0.717, 1.165) is 12.8 Å². The largest absolute Gasteiger partial charge is 0.353 e. The average molecular weight is 368 g/mol. The molecule has 25 heavy (non-hydrogen) atoms. The lowest BCUT2D eigenvalue weighted by Gasteiger charge is -2.04. The van der Waals surface area contributed by atoms with E-state index in [1.54, 1.807) is 12.1 Å². The minimum atomic E-state index is -0.425. The second-order valence-corrected chi connectivity index (χ2v) is 6.85. The molecule has 0 aliphatic carbocycles. The maximum absolute atomic E-state index is 13.6. The van der Waals surface area contributed by atoms with Crippen LogP contribution in [-0.4, -0.2) is 12.5 Å². The maximum atomic E-state index is 13.6. The lowest BCUT2D eigenvalue weighted by atomic mass is 10.1. The average Bonchev–Trinajstić information content (AvgIpc) is 2.59. The van der Waals surface area contributed by atoms with E-state index in [2.05, 4.69) is 12.2 Å². The summed E-state index contributed by atoms with van der Waals surface area (Å²) in [6.45, 7) is 2.90. The van der Waals surface area contributed by atoms with E-state index < -0.39 is 5.82 Å². The number of carbonyl (C=O) groups is 1. The number of carbonyl (C=O) groups excluding carboxylic acids is 1. The van der Waals surface area contributed by atoms with Crippen LogP contribution in [0.1, 0.15) is 76.7 Å². The van der Waals surface area contributed by atoms with Crippen LogP contribution < -0.4 is 5.32 Å². The van der Waals surface area contributed by atoms with Gasteiger partial charge in [0.15, 0.2) is 0 Å². The Kier molecular flexibility index (Phi) is 12.0. The SMILES string of the molecule is CCCCCCCCCCCCNC(=O)/C=C/c1c(F)cccc1Cl. The molecule has 0 bridgehead atoms. The number of benzene rings is 1. The second-order valence-electron chi connectivity index (χ2n) is 6.44. The van der Waals surface area contributed by atoms with E-state index in [0.29, 0.717) is 11.6 Å². The molecule has 0 spiro atoms. The molecule has 1 amide bonds. The van der Waals surface area contributed by atoms with Crippen molar-refractivity contribution in [3.63, 3.8) is 0 Å². The van der Waals surface area contributed by atoms with Gasteiger partial charge in [-0.05, 0) is 24.6 Å². The summed E-state index contributed by atoms with van der Waals surface area (Å²) < 4.78 is 13.6. The second kappa shape index (κ2) is 13.9. The zero-order valence-electron chi connectivity index (χ0n) is 15.3. The van der Waals surface area contributed by atoms with Gasteiger partial charge in [-0.2, -0.15) is 0 Å². The highest BCUT2D eigenvalue weighted by Gasteiger charge is 2.03. The molecule has 1 aromatic carbocycles. The summed E-state index contributed by atoms with van der Waals surface area (Å²) in [6, 6.07) is 4.47. The molecule has 0 unspecified atom stereocenters. The normalized spacial score (nSPS) is 11.2. The summed E-state index contributed by atoms with van der Waals surface area (Å²) in [6.07, 6.45) is 15.4. The number of hydrogen-bond donors (Lipinski definition) is 1. The van der Waals surface area contributed by atoms with E-state index in [9.17, 15) is 9.18 Å². The Bertz CT molecular complexity index is 510. The van der Waals surface area contributed by atoms with Gasteiger partial charge < -0.3 is 5.32 Å². The van der Waals surface area contributed by atoms with E-state index in [4.69, 9.17) is 11.6 Å². The highest BCUT2D eigenvalue weighted by Crippen LogP contribution is 2.20. The molecule has 0 saturated carbocycles. The zero-order chi connectivity index (χ0) is 18.3. The van der Waals surface area contributed by atoms with Crippen LogP contribution in [0, 0.1) is 5.82 Å². The summed E-state index contributed by atoms with van der Waals surface area (Å²) >= 11 is 5.91. The van der Waals surface area contributed by atoms with Crippen molar-refractivity contribution in [2.45, 2.75) is 71.1 Å². The number of unbranched alkanes of at least 4 members (excludes halogenated alkanes) is 9. The molecular weight excluding hydrogens is 337 g/mol. The standard InChI is InChI=1S/C21H31ClFNO/c1-2-3-4-5-6-7-8-9-10-11-17-24-21(25)16-15-18-19(22)13-12-14-20(18)23/h12-16H,2-11,17H2,1H3,(H,24,25)/b16-15+. The topological polar surface area (TPSA) is 29.1 Å². The first kappa shape index (κ1) is 21.7. The molecule has 0 aliphatic heterocycles. The van der Waals surface area contributed by atoms with Crippen LogP contribution in [0.3, 0.4) is 0 Å². The Balaban J connectivity index is 2.05. The lowest BCUT2D eigenvalue weighted by molar-refractivity contribution is -0.116. The van der Waals surface area contributed by atoms with Gasteiger partial charge in [-0.1, -0.05) is 82.4 Å². The fourth-order valence-corrected chi connectivity index (χ4v) is 2.94. The summed E-state index contributed by atoms with van der Waals surface area (Å²) in [7, 11) is 0. The molecule has 1 aromatic rings. The van der Waals surface area contributed by atoms with Crippen LogP contribution >= 0.6 is 11.6 Å². The van der Waals surface area contributed by atoms with Gasteiger partial charge >= 0.3 is 0 Å². The molecule has 0 atom stereocenters. The summed E-state index contributed by atoms with van der Waals surface area (Å²) in [5.41, 5.74) is 0.248. The fourth-order valence-electron chi connectivity index (χ4n) is 2.71. The van der Waals surface area contributed by atoms with Crippen LogP contribution in [0.5, 0.6) is 0 Å². The number of nitrogens with one attached hydrogen (secondary N) is 1. The van der Waals surface area contributed by atoms with Gasteiger partial charge in [-0.15, -0.1) is 0 Å². The van der Waals surface area contributed by atoms with Crippen LogP contribution in [0.25, 0.3) is 6.08 Å². The maximum Gasteiger partial charge on any atom is 0.244 e. The first-order chi connectivity index (χ1) is 12.1. The first-order valence-corrected chi connectivity index (χ1v) is 9.93. The smallest absolute Gasteiger partial charge is 0.244 e. The third kappa shape index (κ3) is 10.3. The van der Waals surface area contributed by atoms with E-state index >= 15 is 0 Å². The molecule has 2 nitrogen and oxygen atoms in total. The first-order valence-electron chi connectivity index (χ1n) is 9.55. The third-order valence-corrected chi connectivity index (χ3v) is 4.56. The van der Waals surface area contributed by atoms with Crippen molar-refractivity contribution in [1.29, 1.82) is 0 Å². The molecule has 0 heterocycles. The molecule has 0 saturated heterocycles. The van der Waals surface area contributed by atoms with Gasteiger partial charge in [0.2, 0.25) is 5.91 Å². The molecule has 1 rings (SSSR count). The predicted octanol–water partition coefficient (Wildman–Crippen LogP) is 6.53. The van der Waals surface area contributed by atoms with Gasteiger partial charge in [0.25, 0.3) is 0 Å². The lowest BCUT2D eigenvalue weighted by Crippen LogP contribution is -2.21. The van der Waals surface area contributed by atoms with Crippen molar-refractivity contribution in [2.24, 2.45) is 0 Å². The molecule has 4 heteroatoms. The fraction of sp³-hybridized carbons (Fsp3) is 0.571. The third-order valence-electron chi connectivity index (χ3n) is 4.23. The van der Waals surface area contributed by atoms with Crippen molar-refractivity contribution in [3.05, 3.63) is 40.7 Å². The van der Waals surface area contributed by atoms with E-state index in [-0.39, 0.29) is 11.5 Å². The van der Waals surface area contributed by atoms with Crippen molar-refractivity contribution < 1.29 is 9.18 Å². The minimum Gasteiger partial charge on any atom is -0.353 e. The molecule has 140 valence electrons. The van der Waals surface area contributed by atoms with Gasteiger partial charge in [-0.25, -0.2) is 4.39 Å². The quantitative estimate of drug-likeness (QED) is 0.311. The number of amides is 1. The number of hydrogen-bond acceptors (Lipinski definition) is 1. The van der Waals surface area contributed by atoms with Crippen LogP contribution in [0.2, 0.25) is 5.02 Å². The van der Waals surface area contributed by atoms with Gasteiger partial charge in [0.1, 0.15) is 5.82 Å². The Morgan fingerprint density at radius 2 is 1.64 bits per heavy atom. The van der Waals surface area contributed by atoms with E-state index in [1.165, 1.54) is 69.6 Å². The van der Waals surface area contributed by atoms with Crippen molar-refractivity contribution in [3.8, 4) is 0 Å². The summed E-state index contributed by atoms with van der Waals surface area (Å²) in [4.78, 5) is 11.7. The zero-order valence-corrected chi connectivity index (χ0v) is 16.1. The van der Waals surface area contributed by atoms with Crippen molar-refractivity contribution >= 4 is 23.6 Å². The van der Waals surface area contributed by atoms with Gasteiger partial charge in [-0.3, -0.25) is 4.79 Å². The summed E-state index contributed by atoms with van der Waals surface area (Å²) in [5.74, 6) is -0.638. The molecule has 0 fully saturated rings. The van der Waals surface area contributed by atoms with Crippen LogP contribution in [-0.2, 0) is 4.79 Å². The summed E-state index contributed by atoms with van der Waals surface area (Å²) in [5, 5.41) is 3.13.